The number of piperidine rings is 1. The van der Waals surface area contributed by atoms with Gasteiger partial charge in [0.15, 0.2) is 5.96 Å². The summed E-state index contributed by atoms with van der Waals surface area (Å²) in [6.45, 7) is 2.73. The highest BCUT2D eigenvalue weighted by molar-refractivity contribution is 14.0. The number of rotatable bonds is 6. The van der Waals surface area contributed by atoms with Crippen molar-refractivity contribution in [2.45, 2.75) is 25.3 Å². The lowest BCUT2D eigenvalue weighted by Gasteiger charge is -2.34. The summed E-state index contributed by atoms with van der Waals surface area (Å²) in [4.78, 5) is 20.5. The summed E-state index contributed by atoms with van der Waals surface area (Å²) in [7, 11) is 7.29. The number of anilines is 1. The molecule has 0 saturated carbocycles. The van der Waals surface area contributed by atoms with Gasteiger partial charge in [-0.25, -0.2) is 0 Å². The monoisotopic (exact) mass is 539 g/mol. The third-order valence-electron chi connectivity index (χ3n) is 5.33. The zero-order valence-electron chi connectivity index (χ0n) is 18.8. The van der Waals surface area contributed by atoms with Crippen molar-refractivity contribution in [3.63, 3.8) is 0 Å². The van der Waals surface area contributed by atoms with Gasteiger partial charge in [0, 0.05) is 65.6 Å². The van der Waals surface area contributed by atoms with E-state index in [2.05, 4.69) is 37.9 Å². The topological polar surface area (TPSA) is 77.8 Å². The van der Waals surface area contributed by atoms with Crippen LogP contribution < -0.4 is 15.5 Å². The van der Waals surface area contributed by atoms with E-state index in [4.69, 9.17) is 0 Å². The van der Waals surface area contributed by atoms with Crippen molar-refractivity contribution >= 4 is 41.5 Å². The molecule has 1 atom stereocenters. The van der Waals surface area contributed by atoms with Gasteiger partial charge in [0.25, 0.3) is 5.91 Å². The second-order valence-corrected chi connectivity index (χ2v) is 7.95. The average Bonchev–Trinajstić information content (AvgIpc) is 3.19. The number of halogens is 1. The molecule has 31 heavy (non-hydrogen) atoms. The molecular weight excluding hydrogens is 505 g/mol. The van der Waals surface area contributed by atoms with Crippen LogP contribution in [0.2, 0.25) is 0 Å². The van der Waals surface area contributed by atoms with E-state index in [1.165, 1.54) is 5.69 Å². The largest absolute Gasteiger partial charge is 0.367 e. The van der Waals surface area contributed by atoms with Crippen LogP contribution in [-0.4, -0.2) is 73.4 Å². The normalized spacial score (nSPS) is 16.5. The van der Waals surface area contributed by atoms with E-state index in [0.717, 1.165) is 56.0 Å². The highest BCUT2D eigenvalue weighted by Gasteiger charge is 2.21. The first kappa shape index (κ1) is 25.0. The molecule has 3 rings (SSSR count). The molecule has 1 unspecified atom stereocenters. The molecule has 1 aromatic carbocycles. The van der Waals surface area contributed by atoms with Crippen LogP contribution in [0.1, 0.15) is 28.8 Å². The summed E-state index contributed by atoms with van der Waals surface area (Å²) in [6.07, 6.45) is 7.05. The van der Waals surface area contributed by atoms with Gasteiger partial charge < -0.3 is 20.4 Å². The summed E-state index contributed by atoms with van der Waals surface area (Å²) in [5.41, 5.74) is 3.02. The Kier molecular flexibility index (Phi) is 9.60. The maximum atomic E-state index is 12.1. The molecule has 170 valence electrons. The number of guanidine groups is 1. The van der Waals surface area contributed by atoms with E-state index in [1.54, 1.807) is 26.0 Å². The van der Waals surface area contributed by atoms with E-state index in [1.807, 2.05) is 36.1 Å². The van der Waals surface area contributed by atoms with Crippen molar-refractivity contribution in [3.05, 3.63) is 47.8 Å². The fraction of sp³-hybridized carbons (Fsp3) is 0.500. The Bertz CT molecular complexity index is 880. The van der Waals surface area contributed by atoms with E-state index in [-0.39, 0.29) is 29.9 Å². The molecule has 8 nitrogen and oxygen atoms in total. The maximum absolute atomic E-state index is 12.1. The van der Waals surface area contributed by atoms with Gasteiger partial charge in [0.05, 0.1) is 11.9 Å². The summed E-state index contributed by atoms with van der Waals surface area (Å²) in [5, 5.41) is 11.2. The van der Waals surface area contributed by atoms with Crippen molar-refractivity contribution in [1.82, 2.24) is 25.3 Å². The first-order valence-corrected chi connectivity index (χ1v) is 10.5. The molecule has 0 bridgehead atoms. The molecule has 1 amide bonds. The highest BCUT2D eigenvalue weighted by atomic mass is 127. The lowest BCUT2D eigenvalue weighted by atomic mass is 10.1. The van der Waals surface area contributed by atoms with Gasteiger partial charge >= 0.3 is 0 Å². The summed E-state index contributed by atoms with van der Waals surface area (Å²) < 4.78 is 1.84. The average molecular weight is 539 g/mol. The molecular formula is C22H34IN7O. The van der Waals surface area contributed by atoms with Crippen LogP contribution >= 0.6 is 24.0 Å². The number of aliphatic imine (C=N–C) groups is 1. The summed E-state index contributed by atoms with van der Waals surface area (Å²) >= 11 is 0. The number of hydrogen-bond donors (Lipinski definition) is 2. The first-order chi connectivity index (χ1) is 14.5. The van der Waals surface area contributed by atoms with E-state index in [9.17, 15) is 4.79 Å². The number of nitrogens with zero attached hydrogens (tertiary/aromatic N) is 5. The lowest BCUT2D eigenvalue weighted by Crippen LogP contribution is -2.51. The third-order valence-corrected chi connectivity index (χ3v) is 5.33. The number of aromatic nitrogens is 2. The predicted octanol–water partition coefficient (Wildman–Crippen LogP) is 2.12. The van der Waals surface area contributed by atoms with Crippen LogP contribution in [0.4, 0.5) is 5.69 Å². The smallest absolute Gasteiger partial charge is 0.253 e. The Hall–Kier alpha value is -2.30. The number of carbonyl (C=O) groups excluding carboxylic acids is 1. The summed E-state index contributed by atoms with van der Waals surface area (Å²) in [5.74, 6) is 0.839. The molecule has 2 N–H and O–H groups in total. The van der Waals surface area contributed by atoms with Gasteiger partial charge in [-0.15, -0.1) is 24.0 Å². The number of hydrogen-bond acceptors (Lipinski definition) is 4. The van der Waals surface area contributed by atoms with Crippen molar-refractivity contribution in [3.8, 4) is 0 Å². The minimum Gasteiger partial charge on any atom is -0.367 e. The van der Waals surface area contributed by atoms with E-state index < -0.39 is 0 Å². The Balaban J connectivity index is 0.00000341. The standard InChI is InChI=1S/C22H33N7O.HI/c1-23-22(24-11-10-17-7-5-8-18(13-17)21(30)27(2)3)26-19-9-6-12-29(15-19)20-14-25-28(4)16-20;/h5,7-8,13-14,16,19H,6,9-12,15H2,1-4H3,(H2,23,24,26);1H. The van der Waals surface area contributed by atoms with Gasteiger partial charge in [-0.3, -0.25) is 14.5 Å². The Labute approximate surface area is 202 Å². The van der Waals surface area contributed by atoms with Crippen LogP contribution in [0.5, 0.6) is 0 Å². The molecule has 1 aromatic heterocycles. The third kappa shape index (κ3) is 7.12. The van der Waals surface area contributed by atoms with Crippen molar-refractivity contribution in [1.29, 1.82) is 0 Å². The quantitative estimate of drug-likeness (QED) is 0.334. The Morgan fingerprint density at radius 3 is 2.84 bits per heavy atom. The SMILES string of the molecule is CN=C(NCCc1cccc(C(=O)N(C)C)c1)NC1CCCN(c2cnn(C)c2)C1.I. The van der Waals surface area contributed by atoms with Crippen LogP contribution in [0.3, 0.4) is 0 Å². The molecule has 2 aromatic rings. The number of carbonyl (C=O) groups is 1. The van der Waals surface area contributed by atoms with E-state index in [0.29, 0.717) is 6.04 Å². The maximum Gasteiger partial charge on any atom is 0.253 e. The zero-order valence-corrected chi connectivity index (χ0v) is 21.2. The predicted molar refractivity (Wildman–Crippen MR) is 137 cm³/mol. The van der Waals surface area contributed by atoms with Gasteiger partial charge in [0.1, 0.15) is 0 Å². The number of aryl methyl sites for hydroxylation is 1. The second kappa shape index (κ2) is 11.9. The molecule has 0 spiro atoms. The van der Waals surface area contributed by atoms with Gasteiger partial charge in [-0.2, -0.15) is 5.10 Å². The van der Waals surface area contributed by atoms with Crippen molar-refractivity contribution < 1.29 is 4.79 Å². The minimum absolute atomic E-state index is 0. The fourth-order valence-corrected chi connectivity index (χ4v) is 3.73. The lowest BCUT2D eigenvalue weighted by molar-refractivity contribution is 0.0827. The molecule has 1 aliphatic heterocycles. The Morgan fingerprint density at radius 2 is 2.16 bits per heavy atom. The van der Waals surface area contributed by atoms with Crippen molar-refractivity contribution in [2.75, 3.05) is 45.7 Å². The second-order valence-electron chi connectivity index (χ2n) is 7.95. The van der Waals surface area contributed by atoms with Gasteiger partial charge in [0.2, 0.25) is 0 Å². The Morgan fingerprint density at radius 1 is 1.35 bits per heavy atom. The molecule has 1 aliphatic rings. The number of nitrogens with one attached hydrogen (secondary N) is 2. The molecule has 2 heterocycles. The van der Waals surface area contributed by atoms with Gasteiger partial charge in [-0.05, 0) is 37.0 Å². The number of benzene rings is 1. The number of amides is 1. The van der Waals surface area contributed by atoms with Crippen molar-refractivity contribution in [2.24, 2.45) is 12.0 Å². The van der Waals surface area contributed by atoms with Crippen LogP contribution in [0.25, 0.3) is 0 Å². The molecule has 1 saturated heterocycles. The van der Waals surface area contributed by atoms with Crippen LogP contribution in [-0.2, 0) is 13.5 Å². The summed E-state index contributed by atoms with van der Waals surface area (Å²) in [6, 6.07) is 8.15. The molecule has 1 fully saturated rings. The zero-order chi connectivity index (χ0) is 21.5. The van der Waals surface area contributed by atoms with Crippen LogP contribution in [0.15, 0.2) is 41.7 Å². The fourth-order valence-electron chi connectivity index (χ4n) is 3.73. The van der Waals surface area contributed by atoms with Crippen LogP contribution in [0, 0.1) is 0 Å². The van der Waals surface area contributed by atoms with Gasteiger partial charge in [-0.1, -0.05) is 12.1 Å². The molecule has 9 heteroatoms. The van der Waals surface area contributed by atoms with E-state index >= 15 is 0 Å². The molecule has 0 aliphatic carbocycles. The highest BCUT2D eigenvalue weighted by Crippen LogP contribution is 2.19. The molecule has 0 radical (unpaired) electrons. The first-order valence-electron chi connectivity index (χ1n) is 10.5. The minimum atomic E-state index is 0.